The van der Waals surface area contributed by atoms with E-state index in [2.05, 4.69) is 0 Å². The molecule has 1 fully saturated rings. The Bertz CT molecular complexity index is 441. The van der Waals surface area contributed by atoms with E-state index in [-0.39, 0.29) is 23.3 Å². The first-order valence-electron chi connectivity index (χ1n) is 6.35. The maximum absolute atomic E-state index is 13.6. The van der Waals surface area contributed by atoms with Gasteiger partial charge in [-0.25, -0.2) is 4.39 Å². The molecule has 98 valence electrons. The fraction of sp³-hybridized carbons (Fsp3) is 0.500. The minimum atomic E-state index is -0.664. The number of rotatable bonds is 2. The van der Waals surface area contributed by atoms with Crippen LogP contribution in [-0.2, 0) is 0 Å². The zero-order valence-electron chi connectivity index (χ0n) is 10.5. The van der Waals surface area contributed by atoms with Crippen LogP contribution in [0.2, 0.25) is 0 Å². The molecule has 0 aliphatic heterocycles. The second-order valence-corrected chi connectivity index (χ2v) is 4.87. The molecule has 0 aromatic heterocycles. The van der Waals surface area contributed by atoms with Crippen LogP contribution in [0.5, 0.6) is 5.75 Å². The summed E-state index contributed by atoms with van der Waals surface area (Å²) in [5.41, 5.74) is 0.0286. The first-order chi connectivity index (χ1) is 8.59. The van der Waals surface area contributed by atoms with Gasteiger partial charge < -0.3 is 10.0 Å². The molecule has 3 nitrogen and oxygen atoms in total. The summed E-state index contributed by atoms with van der Waals surface area (Å²) in [6.45, 7) is 0. The van der Waals surface area contributed by atoms with Gasteiger partial charge in [0.1, 0.15) is 11.6 Å². The molecule has 2 rings (SSSR count). The number of nitrogens with zero attached hydrogens (tertiary/aromatic N) is 1. The summed E-state index contributed by atoms with van der Waals surface area (Å²) in [5.74, 6) is -1.13. The van der Waals surface area contributed by atoms with Crippen LogP contribution in [0.4, 0.5) is 4.39 Å². The fourth-order valence-corrected chi connectivity index (χ4v) is 2.50. The van der Waals surface area contributed by atoms with Gasteiger partial charge in [-0.3, -0.25) is 4.79 Å². The van der Waals surface area contributed by atoms with E-state index < -0.39 is 5.82 Å². The zero-order chi connectivity index (χ0) is 13.1. The number of hydrogen-bond acceptors (Lipinski definition) is 2. The Balaban J connectivity index is 2.14. The standard InChI is InChI=1S/C14H18FNO2/c1-16(10-5-3-2-4-6-10)14(18)12-8-7-11(17)9-13(12)15/h7-10,17H,2-6H2,1H3. The molecule has 18 heavy (non-hydrogen) atoms. The normalized spacial score (nSPS) is 16.6. The van der Waals surface area contributed by atoms with Crippen molar-refractivity contribution in [3.8, 4) is 5.75 Å². The summed E-state index contributed by atoms with van der Waals surface area (Å²) in [7, 11) is 1.73. The summed E-state index contributed by atoms with van der Waals surface area (Å²) in [6.07, 6.45) is 5.44. The molecule has 0 bridgehead atoms. The quantitative estimate of drug-likeness (QED) is 0.878. The Morgan fingerprint density at radius 2 is 2.00 bits per heavy atom. The van der Waals surface area contributed by atoms with Crippen LogP contribution in [0.1, 0.15) is 42.5 Å². The monoisotopic (exact) mass is 251 g/mol. The van der Waals surface area contributed by atoms with E-state index in [4.69, 9.17) is 5.11 Å². The largest absolute Gasteiger partial charge is 0.508 e. The van der Waals surface area contributed by atoms with E-state index in [1.807, 2.05) is 0 Å². The van der Waals surface area contributed by atoms with Crippen LogP contribution < -0.4 is 0 Å². The van der Waals surface area contributed by atoms with Crippen molar-refractivity contribution in [3.63, 3.8) is 0 Å². The SMILES string of the molecule is CN(C(=O)c1ccc(O)cc1F)C1CCCCC1. The molecular weight excluding hydrogens is 233 g/mol. The average molecular weight is 251 g/mol. The van der Waals surface area contributed by atoms with E-state index in [1.165, 1.54) is 18.6 Å². The van der Waals surface area contributed by atoms with Gasteiger partial charge in [-0.1, -0.05) is 19.3 Å². The smallest absolute Gasteiger partial charge is 0.256 e. The third kappa shape index (κ3) is 2.63. The topological polar surface area (TPSA) is 40.5 Å². The Labute approximate surface area is 106 Å². The highest BCUT2D eigenvalue weighted by molar-refractivity contribution is 5.94. The van der Waals surface area contributed by atoms with Gasteiger partial charge in [0.25, 0.3) is 5.91 Å². The second kappa shape index (κ2) is 5.38. The Morgan fingerprint density at radius 1 is 1.33 bits per heavy atom. The number of amides is 1. The molecule has 0 unspecified atom stereocenters. The second-order valence-electron chi connectivity index (χ2n) is 4.87. The van der Waals surface area contributed by atoms with E-state index in [1.54, 1.807) is 11.9 Å². The predicted molar refractivity (Wildman–Crippen MR) is 67.0 cm³/mol. The summed E-state index contributed by atoms with van der Waals surface area (Å²) in [4.78, 5) is 13.8. The van der Waals surface area contributed by atoms with Crippen LogP contribution in [0.15, 0.2) is 18.2 Å². The molecule has 1 aliphatic carbocycles. The molecule has 4 heteroatoms. The van der Waals surface area contributed by atoms with Gasteiger partial charge in [0.05, 0.1) is 5.56 Å². The summed E-state index contributed by atoms with van der Waals surface area (Å²) >= 11 is 0. The third-order valence-electron chi connectivity index (χ3n) is 3.63. The van der Waals surface area contributed by atoms with Crippen molar-refractivity contribution in [1.82, 2.24) is 4.90 Å². The zero-order valence-corrected chi connectivity index (χ0v) is 10.5. The number of aromatic hydroxyl groups is 1. The van der Waals surface area contributed by atoms with Gasteiger partial charge in [0.15, 0.2) is 0 Å². The van der Waals surface area contributed by atoms with Gasteiger partial charge in [-0.2, -0.15) is 0 Å². The Morgan fingerprint density at radius 3 is 2.61 bits per heavy atom. The van der Waals surface area contributed by atoms with Crippen molar-refractivity contribution in [2.24, 2.45) is 0 Å². The van der Waals surface area contributed by atoms with Crippen molar-refractivity contribution >= 4 is 5.91 Å². The fourth-order valence-electron chi connectivity index (χ4n) is 2.50. The van der Waals surface area contributed by atoms with Crippen LogP contribution in [0, 0.1) is 5.82 Å². The van der Waals surface area contributed by atoms with E-state index in [9.17, 15) is 9.18 Å². The van der Waals surface area contributed by atoms with Crippen LogP contribution >= 0.6 is 0 Å². The number of phenolic OH excluding ortho intramolecular Hbond substituents is 1. The number of phenols is 1. The minimum Gasteiger partial charge on any atom is -0.508 e. The molecular formula is C14H18FNO2. The highest BCUT2D eigenvalue weighted by Crippen LogP contribution is 2.24. The lowest BCUT2D eigenvalue weighted by atomic mass is 9.94. The maximum Gasteiger partial charge on any atom is 0.256 e. The van der Waals surface area contributed by atoms with Crippen molar-refractivity contribution < 1.29 is 14.3 Å². The molecule has 1 saturated carbocycles. The molecule has 1 aromatic carbocycles. The molecule has 1 amide bonds. The molecule has 1 aliphatic rings. The van der Waals surface area contributed by atoms with Gasteiger partial charge in [-0.15, -0.1) is 0 Å². The maximum atomic E-state index is 13.6. The molecule has 0 atom stereocenters. The van der Waals surface area contributed by atoms with E-state index in [0.717, 1.165) is 31.7 Å². The Hall–Kier alpha value is -1.58. The molecule has 1 N–H and O–H groups in total. The molecule has 1 aromatic rings. The molecule has 0 saturated heterocycles. The lowest BCUT2D eigenvalue weighted by Gasteiger charge is -2.31. The van der Waals surface area contributed by atoms with E-state index in [0.29, 0.717) is 0 Å². The predicted octanol–water partition coefficient (Wildman–Crippen LogP) is 2.94. The summed E-state index contributed by atoms with van der Waals surface area (Å²) < 4.78 is 13.6. The molecule has 0 spiro atoms. The number of benzene rings is 1. The average Bonchev–Trinajstić information content (AvgIpc) is 2.38. The third-order valence-corrected chi connectivity index (χ3v) is 3.63. The first-order valence-corrected chi connectivity index (χ1v) is 6.35. The number of hydrogen-bond donors (Lipinski definition) is 1. The van der Waals surface area contributed by atoms with Crippen molar-refractivity contribution in [2.45, 2.75) is 38.1 Å². The molecule has 0 radical (unpaired) electrons. The highest BCUT2D eigenvalue weighted by atomic mass is 19.1. The van der Waals surface area contributed by atoms with Crippen molar-refractivity contribution in [3.05, 3.63) is 29.6 Å². The summed E-state index contributed by atoms with van der Waals surface area (Å²) in [6, 6.07) is 3.86. The van der Waals surface area contributed by atoms with Crippen molar-refractivity contribution in [2.75, 3.05) is 7.05 Å². The van der Waals surface area contributed by atoms with Crippen LogP contribution in [0.3, 0.4) is 0 Å². The van der Waals surface area contributed by atoms with E-state index >= 15 is 0 Å². The number of carbonyl (C=O) groups excluding carboxylic acids is 1. The van der Waals surface area contributed by atoms with Crippen LogP contribution in [-0.4, -0.2) is 29.0 Å². The number of carbonyl (C=O) groups is 1. The number of halogens is 1. The van der Waals surface area contributed by atoms with Crippen molar-refractivity contribution in [1.29, 1.82) is 0 Å². The van der Waals surface area contributed by atoms with Gasteiger partial charge >= 0.3 is 0 Å². The Kier molecular flexibility index (Phi) is 3.84. The minimum absolute atomic E-state index is 0.0286. The lowest BCUT2D eigenvalue weighted by molar-refractivity contribution is 0.0691. The van der Waals surface area contributed by atoms with Gasteiger partial charge in [-0.05, 0) is 25.0 Å². The lowest BCUT2D eigenvalue weighted by Crippen LogP contribution is -2.38. The first kappa shape index (κ1) is 12.9. The van der Waals surface area contributed by atoms with Crippen LogP contribution in [0.25, 0.3) is 0 Å². The molecule has 0 heterocycles. The highest BCUT2D eigenvalue weighted by Gasteiger charge is 2.24. The van der Waals surface area contributed by atoms with Gasteiger partial charge in [0, 0.05) is 19.2 Å². The summed E-state index contributed by atoms with van der Waals surface area (Å²) in [5, 5.41) is 9.14. The van der Waals surface area contributed by atoms with Gasteiger partial charge in [0.2, 0.25) is 0 Å².